The Morgan fingerprint density at radius 1 is 1.56 bits per heavy atom. The van der Waals surface area contributed by atoms with Gasteiger partial charge in [-0.05, 0) is 25.1 Å². The third kappa shape index (κ3) is 3.00. The number of carboxylic acid groups (broad SMARTS) is 1. The maximum Gasteiger partial charge on any atom is 0.337 e. The molecule has 0 bridgehead atoms. The molecule has 6 nitrogen and oxygen atoms in total. The first kappa shape index (κ1) is 14.0. The van der Waals surface area contributed by atoms with E-state index >= 15 is 0 Å². The first-order valence-electron chi connectivity index (χ1n) is 4.89. The third-order valence-electron chi connectivity index (χ3n) is 2.11. The van der Waals surface area contributed by atoms with Crippen LogP contribution >= 0.6 is 0 Å². The molecule has 1 unspecified atom stereocenters. The molecule has 0 radical (unpaired) electrons. The molecule has 1 aromatic carbocycles. The summed E-state index contributed by atoms with van der Waals surface area (Å²) in [7, 11) is -4.02. The second-order valence-electron chi connectivity index (χ2n) is 3.57. The van der Waals surface area contributed by atoms with Crippen LogP contribution in [0, 0.1) is 12.3 Å². The van der Waals surface area contributed by atoms with Crippen molar-refractivity contribution in [3.8, 4) is 12.3 Å². The van der Waals surface area contributed by atoms with E-state index in [1.807, 2.05) is 0 Å². The summed E-state index contributed by atoms with van der Waals surface area (Å²) >= 11 is 0. The quantitative estimate of drug-likeness (QED) is 0.536. The van der Waals surface area contributed by atoms with E-state index in [4.69, 9.17) is 17.3 Å². The lowest BCUT2D eigenvalue weighted by Gasteiger charge is -2.11. The summed E-state index contributed by atoms with van der Waals surface area (Å²) in [5, 5.41) is 8.94. The zero-order valence-electron chi connectivity index (χ0n) is 9.54. The number of nitrogens with one attached hydrogen (secondary N) is 1. The number of sulfonamides is 1. The molecule has 0 fully saturated rings. The summed E-state index contributed by atoms with van der Waals surface area (Å²) in [6.45, 7) is 1.46. The van der Waals surface area contributed by atoms with Crippen molar-refractivity contribution in [3.63, 3.8) is 0 Å². The van der Waals surface area contributed by atoms with Crippen LogP contribution in [-0.4, -0.2) is 25.5 Å². The Balaban J connectivity index is 3.36. The van der Waals surface area contributed by atoms with E-state index in [0.717, 1.165) is 12.1 Å². The molecular formula is C11H12N2O4S. The van der Waals surface area contributed by atoms with Crippen molar-refractivity contribution >= 4 is 21.7 Å². The Morgan fingerprint density at radius 3 is 2.67 bits per heavy atom. The van der Waals surface area contributed by atoms with Crippen LogP contribution in [0.25, 0.3) is 0 Å². The van der Waals surface area contributed by atoms with Gasteiger partial charge in [-0.3, -0.25) is 0 Å². The highest BCUT2D eigenvalue weighted by Crippen LogP contribution is 2.19. The van der Waals surface area contributed by atoms with Gasteiger partial charge in [-0.25, -0.2) is 13.2 Å². The second kappa shape index (κ2) is 5.08. The van der Waals surface area contributed by atoms with E-state index in [-0.39, 0.29) is 11.3 Å². The zero-order chi connectivity index (χ0) is 13.9. The molecule has 0 saturated heterocycles. The molecule has 1 aromatic rings. The maximum atomic E-state index is 12.0. The van der Waals surface area contributed by atoms with E-state index in [0.29, 0.717) is 0 Å². The molecule has 1 rings (SSSR count). The number of carbonyl (C=O) groups is 1. The number of hydrogen-bond acceptors (Lipinski definition) is 4. The first-order chi connectivity index (χ1) is 8.27. The fourth-order valence-electron chi connectivity index (χ4n) is 1.27. The van der Waals surface area contributed by atoms with Crippen molar-refractivity contribution in [2.24, 2.45) is 0 Å². The van der Waals surface area contributed by atoms with Gasteiger partial charge in [0.1, 0.15) is 0 Å². The Bertz CT molecular complexity index is 616. The van der Waals surface area contributed by atoms with E-state index in [2.05, 4.69) is 10.6 Å². The lowest BCUT2D eigenvalue weighted by molar-refractivity contribution is 0.0692. The highest BCUT2D eigenvalue weighted by Gasteiger charge is 2.23. The topological polar surface area (TPSA) is 109 Å². The lowest BCUT2D eigenvalue weighted by atomic mass is 10.2. The number of anilines is 1. The van der Waals surface area contributed by atoms with Crippen molar-refractivity contribution in [1.29, 1.82) is 0 Å². The van der Waals surface area contributed by atoms with Crippen molar-refractivity contribution in [2.45, 2.75) is 17.9 Å². The predicted octanol–water partition coefficient (Wildman–Crippen LogP) is 0.267. The number of nitrogen functional groups attached to an aromatic ring is 1. The van der Waals surface area contributed by atoms with Gasteiger partial charge in [0.05, 0.1) is 16.5 Å². The van der Waals surface area contributed by atoms with Crippen LogP contribution in [0.2, 0.25) is 0 Å². The summed E-state index contributed by atoms with van der Waals surface area (Å²) in [5.41, 5.74) is 5.25. The van der Waals surface area contributed by atoms with Crippen molar-refractivity contribution < 1.29 is 18.3 Å². The summed E-state index contributed by atoms with van der Waals surface area (Å²) in [6, 6.07) is 2.77. The van der Waals surface area contributed by atoms with E-state index in [1.165, 1.54) is 13.0 Å². The van der Waals surface area contributed by atoms with Gasteiger partial charge < -0.3 is 10.8 Å². The summed E-state index contributed by atoms with van der Waals surface area (Å²) < 4.78 is 26.1. The smallest absolute Gasteiger partial charge is 0.337 e. The van der Waals surface area contributed by atoms with E-state index < -0.39 is 26.9 Å². The number of nitrogens with two attached hydrogens (primary N) is 1. The van der Waals surface area contributed by atoms with Gasteiger partial charge in [-0.2, -0.15) is 4.72 Å². The van der Waals surface area contributed by atoms with Gasteiger partial charge in [0.15, 0.2) is 0 Å². The standard InChI is InChI=1S/C11H12N2O4S/c1-3-7(2)13-18(16,17)10-6-8(12)4-5-9(10)11(14)15/h1,4-7,13H,12H2,2H3,(H,14,15). The molecule has 0 aliphatic heterocycles. The molecule has 7 heteroatoms. The summed E-state index contributed by atoms with van der Waals surface area (Å²) in [5.74, 6) is 0.827. The number of rotatable bonds is 4. The number of benzene rings is 1. The van der Waals surface area contributed by atoms with Crippen molar-refractivity contribution in [2.75, 3.05) is 5.73 Å². The minimum atomic E-state index is -4.02. The normalized spacial score (nSPS) is 12.7. The molecule has 0 aromatic heterocycles. The molecule has 0 amide bonds. The Labute approximate surface area is 105 Å². The fraction of sp³-hybridized carbons (Fsp3) is 0.182. The van der Waals surface area contributed by atoms with Gasteiger partial charge in [0, 0.05) is 5.69 Å². The molecule has 1 atom stereocenters. The van der Waals surface area contributed by atoms with Gasteiger partial charge in [-0.15, -0.1) is 6.42 Å². The summed E-state index contributed by atoms with van der Waals surface area (Å²) in [6.07, 6.45) is 5.07. The maximum absolute atomic E-state index is 12.0. The number of carboxylic acids is 1. The van der Waals surface area contributed by atoms with Gasteiger partial charge in [0.25, 0.3) is 0 Å². The monoisotopic (exact) mass is 268 g/mol. The van der Waals surface area contributed by atoms with Gasteiger partial charge in [-0.1, -0.05) is 5.92 Å². The van der Waals surface area contributed by atoms with Crippen molar-refractivity contribution in [3.05, 3.63) is 23.8 Å². The second-order valence-corrected chi connectivity index (χ2v) is 5.25. The average Bonchev–Trinajstić information content (AvgIpc) is 2.27. The van der Waals surface area contributed by atoms with Crippen molar-refractivity contribution in [1.82, 2.24) is 4.72 Å². The highest BCUT2D eigenvalue weighted by molar-refractivity contribution is 7.89. The van der Waals surface area contributed by atoms with Gasteiger partial charge in [0.2, 0.25) is 10.0 Å². The minimum Gasteiger partial charge on any atom is -0.478 e. The minimum absolute atomic E-state index is 0.147. The number of hydrogen-bond donors (Lipinski definition) is 3. The van der Waals surface area contributed by atoms with Crippen LogP contribution in [0.1, 0.15) is 17.3 Å². The largest absolute Gasteiger partial charge is 0.478 e. The van der Waals surface area contributed by atoms with Crippen LogP contribution in [0.15, 0.2) is 23.1 Å². The van der Waals surface area contributed by atoms with Crippen LogP contribution < -0.4 is 10.5 Å². The molecule has 96 valence electrons. The first-order valence-corrected chi connectivity index (χ1v) is 6.37. The molecule has 0 aliphatic carbocycles. The third-order valence-corrected chi connectivity index (χ3v) is 3.69. The van der Waals surface area contributed by atoms with Crippen LogP contribution in [-0.2, 0) is 10.0 Å². The van der Waals surface area contributed by atoms with Crippen LogP contribution in [0.4, 0.5) is 5.69 Å². The number of terminal acetylenes is 1. The Hall–Kier alpha value is -2.04. The van der Waals surface area contributed by atoms with E-state index in [1.54, 1.807) is 0 Å². The van der Waals surface area contributed by atoms with Crippen LogP contribution in [0.5, 0.6) is 0 Å². The molecule has 0 aliphatic rings. The molecule has 0 heterocycles. The Kier molecular flexibility index (Phi) is 3.96. The van der Waals surface area contributed by atoms with Crippen LogP contribution in [0.3, 0.4) is 0 Å². The molecular weight excluding hydrogens is 256 g/mol. The molecule has 4 N–H and O–H groups in total. The SMILES string of the molecule is C#CC(C)NS(=O)(=O)c1cc(N)ccc1C(=O)O. The van der Waals surface area contributed by atoms with Gasteiger partial charge >= 0.3 is 5.97 Å². The average molecular weight is 268 g/mol. The number of aromatic carboxylic acids is 1. The molecule has 18 heavy (non-hydrogen) atoms. The molecule has 0 spiro atoms. The summed E-state index contributed by atoms with van der Waals surface area (Å²) in [4.78, 5) is 10.6. The molecule has 0 saturated carbocycles. The zero-order valence-corrected chi connectivity index (χ0v) is 10.4. The highest BCUT2D eigenvalue weighted by atomic mass is 32.2. The lowest BCUT2D eigenvalue weighted by Crippen LogP contribution is -2.32. The predicted molar refractivity (Wildman–Crippen MR) is 66.4 cm³/mol. The fourth-order valence-corrected chi connectivity index (χ4v) is 2.66. The van der Waals surface area contributed by atoms with E-state index in [9.17, 15) is 13.2 Å². The Morgan fingerprint density at radius 2 is 2.17 bits per heavy atom.